The number of rotatable bonds is 15. The van der Waals surface area contributed by atoms with Crippen LogP contribution in [0.3, 0.4) is 0 Å². The summed E-state index contributed by atoms with van der Waals surface area (Å²) in [6, 6.07) is 4.92. The number of carbonyl (C=O) groups excluding carboxylic acids is 2. The zero-order chi connectivity index (χ0) is 33.4. The van der Waals surface area contributed by atoms with Crippen LogP contribution in [0.1, 0.15) is 59.9 Å². The molecule has 0 spiro atoms. The number of aliphatic carboxylic acids is 3. The van der Waals surface area contributed by atoms with Crippen molar-refractivity contribution in [3.05, 3.63) is 75.1 Å². The molecule has 1 heterocycles. The van der Waals surface area contributed by atoms with Crippen LogP contribution in [0.15, 0.2) is 41.2 Å². The second-order valence-electron chi connectivity index (χ2n) is 10.3. The monoisotopic (exact) mass is 627 g/mol. The first-order chi connectivity index (χ1) is 21.2. The van der Waals surface area contributed by atoms with E-state index in [4.69, 9.17) is 0 Å². The molecular weight excluding hydrogens is 593 g/mol. The normalized spacial score (nSPS) is 12.5. The summed E-state index contributed by atoms with van der Waals surface area (Å²) in [7, 11) is 0. The fourth-order valence-corrected chi connectivity index (χ4v) is 4.82. The number of carbonyl (C=O) groups is 5. The number of fused-ring (bicyclic) bond motifs is 1. The van der Waals surface area contributed by atoms with Gasteiger partial charge in [-0.3, -0.25) is 24.2 Å². The zero-order valence-electron chi connectivity index (χ0n) is 24.9. The molecule has 15 heteroatoms. The van der Waals surface area contributed by atoms with Crippen LogP contribution in [0.5, 0.6) is 0 Å². The van der Waals surface area contributed by atoms with E-state index >= 15 is 0 Å². The Morgan fingerprint density at radius 2 is 1.69 bits per heavy atom. The van der Waals surface area contributed by atoms with E-state index in [2.05, 4.69) is 15.3 Å². The molecule has 0 radical (unpaired) electrons. The molecular formula is C30H34FN5O9. The number of aromatic nitrogens is 2. The van der Waals surface area contributed by atoms with Gasteiger partial charge in [0.25, 0.3) is 11.5 Å². The first-order valence-electron chi connectivity index (χ1n) is 14.0. The molecule has 2 amide bonds. The third kappa shape index (κ3) is 8.69. The largest absolute Gasteiger partial charge is 0.481 e. The van der Waals surface area contributed by atoms with Crippen molar-refractivity contribution in [1.29, 1.82) is 0 Å². The van der Waals surface area contributed by atoms with E-state index < -0.39 is 84.4 Å². The van der Waals surface area contributed by atoms with Gasteiger partial charge in [-0.25, -0.2) is 24.0 Å². The fourth-order valence-electron chi connectivity index (χ4n) is 4.82. The average Bonchev–Trinajstić information content (AvgIpc) is 2.96. The molecule has 0 saturated heterocycles. The smallest absolute Gasteiger partial charge is 0.328 e. The van der Waals surface area contributed by atoms with Gasteiger partial charge in [0.1, 0.15) is 23.7 Å². The van der Waals surface area contributed by atoms with Crippen molar-refractivity contribution in [1.82, 2.24) is 25.3 Å². The highest BCUT2D eigenvalue weighted by Gasteiger charge is 2.35. The maximum absolute atomic E-state index is 14.1. The van der Waals surface area contributed by atoms with Crippen molar-refractivity contribution in [2.45, 2.75) is 65.1 Å². The summed E-state index contributed by atoms with van der Waals surface area (Å²) in [6.45, 7) is 5.02. The summed E-state index contributed by atoms with van der Waals surface area (Å²) in [4.78, 5) is 81.4. The van der Waals surface area contributed by atoms with Gasteiger partial charge in [-0.1, -0.05) is 19.1 Å². The van der Waals surface area contributed by atoms with Crippen LogP contribution in [-0.2, 0) is 25.7 Å². The number of carboxylic acids is 3. The average molecular weight is 628 g/mol. The van der Waals surface area contributed by atoms with Crippen LogP contribution in [0.4, 0.5) is 4.39 Å². The van der Waals surface area contributed by atoms with Crippen molar-refractivity contribution in [2.75, 3.05) is 6.54 Å². The second kappa shape index (κ2) is 15.0. The number of H-pyrrole nitrogens is 1. The van der Waals surface area contributed by atoms with E-state index in [-0.39, 0.29) is 18.5 Å². The van der Waals surface area contributed by atoms with Crippen molar-refractivity contribution in [3.8, 4) is 0 Å². The maximum atomic E-state index is 14.1. The van der Waals surface area contributed by atoms with Gasteiger partial charge in [0.2, 0.25) is 5.91 Å². The summed E-state index contributed by atoms with van der Waals surface area (Å²) >= 11 is 0. The molecule has 3 rings (SSSR count). The minimum Gasteiger partial charge on any atom is -0.481 e. The predicted molar refractivity (Wildman–Crippen MR) is 158 cm³/mol. The molecule has 0 unspecified atom stereocenters. The lowest BCUT2D eigenvalue weighted by molar-refractivity contribution is -0.171. The number of nitrogens with zero attached hydrogens (tertiary/aromatic N) is 3. The van der Waals surface area contributed by atoms with E-state index in [9.17, 15) is 48.5 Å². The highest BCUT2D eigenvalue weighted by molar-refractivity contribution is 5.97. The number of carboxylic acid groups (broad SMARTS) is 3. The van der Waals surface area contributed by atoms with Crippen LogP contribution in [0.25, 0.3) is 10.9 Å². The minimum absolute atomic E-state index is 0.0644. The molecule has 240 valence electrons. The van der Waals surface area contributed by atoms with Gasteiger partial charge in [0.15, 0.2) is 0 Å². The molecule has 2 atom stereocenters. The summed E-state index contributed by atoms with van der Waals surface area (Å²) in [5, 5.41) is 33.7. The quantitative estimate of drug-likeness (QED) is 0.154. The number of nitrogens with one attached hydrogen (secondary N) is 2. The van der Waals surface area contributed by atoms with Gasteiger partial charge in [0.05, 0.1) is 16.5 Å². The first kappa shape index (κ1) is 34.3. The van der Waals surface area contributed by atoms with Crippen molar-refractivity contribution < 1.29 is 43.7 Å². The minimum atomic E-state index is -1.64. The van der Waals surface area contributed by atoms with Crippen molar-refractivity contribution in [2.24, 2.45) is 0 Å². The van der Waals surface area contributed by atoms with Crippen LogP contribution < -0.4 is 10.9 Å². The molecule has 1 aromatic heterocycles. The van der Waals surface area contributed by atoms with Crippen LogP contribution in [0, 0.1) is 19.7 Å². The number of hydrogen-bond donors (Lipinski definition) is 5. The molecule has 14 nitrogen and oxygen atoms in total. The summed E-state index contributed by atoms with van der Waals surface area (Å²) in [5.74, 6) is -6.61. The van der Waals surface area contributed by atoms with Gasteiger partial charge >= 0.3 is 17.9 Å². The SMILES string of the molecule is CCN(Cc1cc2c(=O)[nH]c(C)nc2cc1C)N(C(=O)CC[C@H](NC(=O)c1ccccc1F)C(=O)O)[C@H](CCC(=O)O)C(=O)O. The van der Waals surface area contributed by atoms with Crippen molar-refractivity contribution in [3.63, 3.8) is 0 Å². The number of benzene rings is 2. The molecule has 3 aromatic rings. The van der Waals surface area contributed by atoms with E-state index in [1.54, 1.807) is 32.9 Å². The predicted octanol–water partition coefficient (Wildman–Crippen LogP) is 2.23. The number of amides is 2. The van der Waals surface area contributed by atoms with Crippen molar-refractivity contribution >= 4 is 40.6 Å². The van der Waals surface area contributed by atoms with Gasteiger partial charge < -0.3 is 25.6 Å². The molecule has 0 aliphatic rings. The standard InChI is InChI=1S/C30H34FN5O9/c1-4-35(15-18-14-20-23(13-16(18)2)32-17(3)33-28(20)41)36(24(30(44)45)10-12-26(38)39)25(37)11-9-22(29(42)43)34-27(40)19-7-5-6-8-21(19)31/h5-8,13-14,22,24H,4,9-12,15H2,1-3H3,(H,34,40)(H,38,39)(H,42,43)(H,44,45)(H,32,33,41)/t22-,24+/m0/s1. The Labute approximate surface area is 256 Å². The van der Waals surface area contributed by atoms with Crippen LogP contribution >= 0.6 is 0 Å². The number of halogens is 1. The lowest BCUT2D eigenvalue weighted by Gasteiger charge is -2.38. The Balaban J connectivity index is 1.94. The molecule has 0 fully saturated rings. The molecule has 0 saturated carbocycles. The van der Waals surface area contributed by atoms with Gasteiger partial charge in [0, 0.05) is 25.9 Å². The lowest BCUT2D eigenvalue weighted by Crippen LogP contribution is -2.55. The van der Waals surface area contributed by atoms with Gasteiger partial charge in [-0.05, 0) is 62.1 Å². The highest BCUT2D eigenvalue weighted by atomic mass is 19.1. The number of hydrogen-bond acceptors (Lipinski definition) is 8. The topological polar surface area (TPSA) is 210 Å². The van der Waals surface area contributed by atoms with E-state index in [0.717, 1.165) is 17.1 Å². The molecule has 0 bridgehead atoms. The number of hydrazine groups is 1. The number of aromatic amines is 1. The number of aryl methyl sites for hydroxylation is 2. The molecule has 0 aliphatic carbocycles. The molecule has 5 N–H and O–H groups in total. The Hall–Kier alpha value is -5.18. The fraction of sp³-hybridized carbons (Fsp3) is 0.367. The van der Waals surface area contributed by atoms with Crippen LogP contribution in [0.2, 0.25) is 0 Å². The Kier molecular flexibility index (Phi) is 11.4. The zero-order valence-corrected chi connectivity index (χ0v) is 24.9. The van der Waals surface area contributed by atoms with Gasteiger partial charge in [-0.2, -0.15) is 0 Å². The van der Waals surface area contributed by atoms with E-state index in [0.29, 0.717) is 22.5 Å². The highest BCUT2D eigenvalue weighted by Crippen LogP contribution is 2.22. The van der Waals surface area contributed by atoms with E-state index in [1.165, 1.54) is 17.1 Å². The summed E-state index contributed by atoms with van der Waals surface area (Å²) < 4.78 is 14.1. The third-order valence-corrected chi connectivity index (χ3v) is 7.14. The Bertz CT molecular complexity index is 1680. The van der Waals surface area contributed by atoms with Gasteiger partial charge in [-0.15, -0.1) is 0 Å². The van der Waals surface area contributed by atoms with Crippen LogP contribution in [-0.4, -0.2) is 83.7 Å². The third-order valence-electron chi connectivity index (χ3n) is 7.14. The lowest BCUT2D eigenvalue weighted by atomic mass is 10.0. The van der Waals surface area contributed by atoms with E-state index in [1.807, 2.05) is 0 Å². The molecule has 2 aromatic carbocycles. The summed E-state index contributed by atoms with van der Waals surface area (Å²) in [6.07, 6.45) is -2.09. The maximum Gasteiger partial charge on any atom is 0.328 e. The second-order valence-corrected chi connectivity index (χ2v) is 10.3. The summed E-state index contributed by atoms with van der Waals surface area (Å²) in [5.41, 5.74) is 0.891. The molecule has 45 heavy (non-hydrogen) atoms. The Morgan fingerprint density at radius 1 is 1.00 bits per heavy atom. The Morgan fingerprint density at radius 3 is 2.29 bits per heavy atom. The molecule has 0 aliphatic heterocycles. The first-order valence-corrected chi connectivity index (χ1v) is 14.0.